The van der Waals surface area contributed by atoms with Crippen LogP contribution in [-0.2, 0) is 32.8 Å². The van der Waals surface area contributed by atoms with Gasteiger partial charge in [0.2, 0.25) is 0 Å². The first-order chi connectivity index (χ1) is 19.7. The van der Waals surface area contributed by atoms with E-state index in [0.717, 1.165) is 11.3 Å². The van der Waals surface area contributed by atoms with Crippen molar-refractivity contribution < 1.29 is 41.8 Å². The highest BCUT2D eigenvalue weighted by molar-refractivity contribution is 7.92. The van der Waals surface area contributed by atoms with E-state index in [1.54, 1.807) is 51.1 Å². The number of halogens is 1. The lowest BCUT2D eigenvalue weighted by Crippen LogP contribution is -2.48. The molecule has 1 fully saturated rings. The first-order valence-corrected chi connectivity index (χ1v) is 15.0. The minimum absolute atomic E-state index is 0. The van der Waals surface area contributed by atoms with Crippen LogP contribution >= 0.6 is 0 Å². The van der Waals surface area contributed by atoms with Gasteiger partial charge in [-0.2, -0.15) is 8.42 Å². The summed E-state index contributed by atoms with van der Waals surface area (Å²) in [5, 5.41) is 10.2. The monoisotopic (exact) mass is 623 g/mol. The number of nitrogens with zero attached hydrogens (tertiary/aromatic N) is 3. The Morgan fingerprint density at radius 3 is 2.44 bits per heavy atom. The van der Waals surface area contributed by atoms with E-state index in [4.69, 9.17) is 9.47 Å². The standard InChI is InChI=1S/C28H35FN4O8S.H3N/c1-5-6-12-31(27(37)41-28(2,3)4)15-19-13-20-21(33(19)26(35)36)14-22(40-17-18-10-8-7-9-11-18)25(24(20)29)32-16-23(34)30-42(32,38)39;/h7-11,14,19H,5-6,12-13,15-17H2,1-4H3,(H,30,34)(H,35,36);1H3/t19-;/m1./s1. The van der Waals surface area contributed by atoms with Crippen LogP contribution in [0.2, 0.25) is 0 Å². The molecule has 2 aromatic rings. The first kappa shape index (κ1) is 33.4. The maximum atomic E-state index is 16.4. The lowest BCUT2D eigenvalue weighted by Gasteiger charge is -2.31. The summed E-state index contributed by atoms with van der Waals surface area (Å²) >= 11 is 0. The van der Waals surface area contributed by atoms with Crippen LogP contribution in [0.5, 0.6) is 5.75 Å². The van der Waals surface area contributed by atoms with Crippen molar-refractivity contribution >= 4 is 39.7 Å². The largest absolute Gasteiger partial charge is 0.487 e. The highest BCUT2D eigenvalue weighted by Gasteiger charge is 2.44. The zero-order valence-corrected chi connectivity index (χ0v) is 25.4. The summed E-state index contributed by atoms with van der Waals surface area (Å²) < 4.78 is 55.6. The van der Waals surface area contributed by atoms with E-state index >= 15 is 4.39 Å². The Balaban J connectivity index is 0.00000506. The molecule has 0 unspecified atom stereocenters. The average molecular weight is 624 g/mol. The van der Waals surface area contributed by atoms with Crippen LogP contribution in [0.3, 0.4) is 0 Å². The van der Waals surface area contributed by atoms with Gasteiger partial charge in [0.1, 0.15) is 30.2 Å². The summed E-state index contributed by atoms with van der Waals surface area (Å²) in [5.41, 5.74) is -0.694. The molecule has 43 heavy (non-hydrogen) atoms. The molecule has 15 heteroatoms. The number of amides is 3. The van der Waals surface area contributed by atoms with Gasteiger partial charge in [0.25, 0.3) is 5.91 Å². The Morgan fingerprint density at radius 1 is 1.21 bits per heavy atom. The molecule has 1 saturated heterocycles. The molecule has 0 aromatic heterocycles. The smallest absolute Gasteiger partial charge is 0.412 e. The maximum absolute atomic E-state index is 16.4. The van der Waals surface area contributed by atoms with Crippen LogP contribution in [-0.4, -0.2) is 67.8 Å². The molecule has 0 saturated carbocycles. The summed E-state index contributed by atoms with van der Waals surface area (Å²) in [7, 11) is -4.42. The van der Waals surface area contributed by atoms with Gasteiger partial charge in [0, 0.05) is 31.1 Å². The SMILES string of the molecule is CCCCN(C[C@H]1Cc2c(cc(OCc3ccccc3)c(N3CC(=O)NS3(=O)=O)c2F)N1C(=O)O)C(=O)OC(C)(C)C.N. The molecule has 0 aliphatic carbocycles. The predicted molar refractivity (Wildman–Crippen MR) is 157 cm³/mol. The number of nitrogens with one attached hydrogen (secondary N) is 1. The van der Waals surface area contributed by atoms with Crippen molar-refractivity contribution in [2.75, 3.05) is 28.8 Å². The molecule has 0 radical (unpaired) electrons. The molecular formula is C28H38FN5O8S. The van der Waals surface area contributed by atoms with Gasteiger partial charge in [0.05, 0.1) is 11.7 Å². The van der Waals surface area contributed by atoms with E-state index in [9.17, 15) is 27.9 Å². The third kappa shape index (κ3) is 7.46. The third-order valence-electron chi connectivity index (χ3n) is 6.72. The van der Waals surface area contributed by atoms with Gasteiger partial charge >= 0.3 is 22.4 Å². The molecule has 2 aromatic carbocycles. The number of carbonyl (C=O) groups excluding carboxylic acids is 2. The summed E-state index contributed by atoms with van der Waals surface area (Å²) in [4.78, 5) is 39.9. The van der Waals surface area contributed by atoms with Gasteiger partial charge in [0.15, 0.2) is 5.82 Å². The molecular weight excluding hydrogens is 585 g/mol. The summed E-state index contributed by atoms with van der Waals surface area (Å²) in [6.07, 6.45) is -0.761. The number of ether oxygens (including phenoxy) is 2. The number of carbonyl (C=O) groups is 3. The molecule has 2 aliphatic rings. The predicted octanol–water partition coefficient (Wildman–Crippen LogP) is 4.19. The second-order valence-electron chi connectivity index (χ2n) is 11.1. The lowest BCUT2D eigenvalue weighted by molar-refractivity contribution is -0.117. The zero-order chi connectivity index (χ0) is 30.8. The van der Waals surface area contributed by atoms with Crippen LogP contribution in [0.25, 0.3) is 0 Å². The quantitative estimate of drug-likeness (QED) is 0.369. The molecule has 0 bridgehead atoms. The highest BCUT2D eigenvalue weighted by atomic mass is 32.2. The van der Waals surface area contributed by atoms with Gasteiger partial charge in [-0.05, 0) is 32.8 Å². The third-order valence-corrected chi connectivity index (χ3v) is 8.10. The number of carboxylic acid groups (broad SMARTS) is 1. The Morgan fingerprint density at radius 2 is 1.88 bits per heavy atom. The van der Waals surface area contributed by atoms with Crippen LogP contribution in [0.1, 0.15) is 51.7 Å². The number of benzene rings is 2. The van der Waals surface area contributed by atoms with E-state index < -0.39 is 58.0 Å². The van der Waals surface area contributed by atoms with E-state index in [1.165, 1.54) is 11.0 Å². The summed E-state index contributed by atoms with van der Waals surface area (Å²) in [6.45, 7) is 6.56. The Bertz CT molecular complexity index is 1470. The average Bonchev–Trinajstić information content (AvgIpc) is 3.39. The van der Waals surface area contributed by atoms with Gasteiger partial charge in [-0.15, -0.1) is 0 Å². The van der Waals surface area contributed by atoms with Crippen molar-refractivity contribution in [3.63, 3.8) is 0 Å². The molecule has 1 atom stereocenters. The minimum Gasteiger partial charge on any atom is -0.487 e. The Kier molecular flexibility index (Phi) is 10.1. The van der Waals surface area contributed by atoms with Gasteiger partial charge in [-0.25, -0.2) is 23.0 Å². The van der Waals surface area contributed by atoms with Crippen molar-refractivity contribution in [2.24, 2.45) is 0 Å². The minimum atomic E-state index is -4.42. The van der Waals surface area contributed by atoms with Crippen LogP contribution in [0.4, 0.5) is 25.4 Å². The number of hydrogen-bond donors (Lipinski definition) is 3. The number of unbranched alkanes of at least 4 members (excludes halogenated alkanes) is 1. The topological polar surface area (TPSA) is 181 Å². The fraction of sp³-hybridized carbons (Fsp3) is 0.464. The van der Waals surface area contributed by atoms with Crippen LogP contribution in [0.15, 0.2) is 36.4 Å². The van der Waals surface area contributed by atoms with Gasteiger partial charge < -0.3 is 25.6 Å². The molecule has 5 N–H and O–H groups in total. The lowest BCUT2D eigenvalue weighted by atomic mass is 10.1. The summed E-state index contributed by atoms with van der Waals surface area (Å²) in [6, 6.07) is 9.20. The first-order valence-electron chi connectivity index (χ1n) is 13.6. The number of hydrogen-bond acceptors (Lipinski definition) is 8. The Labute approximate surface area is 250 Å². The highest BCUT2D eigenvalue weighted by Crippen LogP contribution is 2.45. The van der Waals surface area contributed by atoms with Gasteiger partial charge in [-0.1, -0.05) is 43.7 Å². The van der Waals surface area contributed by atoms with E-state index in [0.29, 0.717) is 22.8 Å². The molecule has 4 rings (SSSR count). The maximum Gasteiger partial charge on any atom is 0.412 e. The second kappa shape index (κ2) is 13.0. The Hall–Kier alpha value is -4.11. The molecule has 13 nitrogen and oxygen atoms in total. The van der Waals surface area contributed by atoms with E-state index in [2.05, 4.69) is 0 Å². The van der Waals surface area contributed by atoms with Gasteiger partial charge in [-0.3, -0.25) is 9.69 Å². The van der Waals surface area contributed by atoms with Crippen molar-refractivity contribution in [1.82, 2.24) is 15.8 Å². The molecule has 236 valence electrons. The van der Waals surface area contributed by atoms with Crippen molar-refractivity contribution in [3.8, 4) is 5.75 Å². The molecule has 3 amide bonds. The number of fused-ring (bicyclic) bond motifs is 1. The number of anilines is 2. The second-order valence-corrected chi connectivity index (χ2v) is 12.7. The van der Waals surface area contributed by atoms with Crippen molar-refractivity contribution in [2.45, 2.75) is 65.2 Å². The number of rotatable bonds is 9. The van der Waals surface area contributed by atoms with E-state index in [1.807, 2.05) is 11.6 Å². The summed E-state index contributed by atoms with van der Waals surface area (Å²) in [5.74, 6) is -2.13. The molecule has 0 spiro atoms. The zero-order valence-electron chi connectivity index (χ0n) is 24.6. The van der Waals surface area contributed by atoms with E-state index in [-0.39, 0.29) is 42.7 Å². The molecule has 2 heterocycles. The van der Waals surface area contributed by atoms with Crippen molar-refractivity contribution in [1.29, 1.82) is 0 Å². The van der Waals surface area contributed by atoms with Crippen LogP contribution in [0, 0.1) is 5.82 Å². The van der Waals surface area contributed by atoms with Crippen LogP contribution < -0.4 is 24.8 Å². The molecule has 2 aliphatic heterocycles. The fourth-order valence-corrected chi connectivity index (χ4v) is 6.05. The fourth-order valence-electron chi connectivity index (χ4n) is 4.89. The normalized spacial score (nSPS) is 17.1. The van der Waals surface area contributed by atoms with Crippen molar-refractivity contribution in [3.05, 3.63) is 53.3 Å².